The fraction of sp³-hybridized carbons (Fsp3) is 0.400. The van der Waals surface area contributed by atoms with Gasteiger partial charge in [0.2, 0.25) is 0 Å². The third kappa shape index (κ3) is 3.36. The van der Waals surface area contributed by atoms with Gasteiger partial charge in [0.15, 0.2) is 0 Å². The second kappa shape index (κ2) is 4.33. The van der Waals surface area contributed by atoms with Gasteiger partial charge in [-0.3, -0.25) is 0 Å². The van der Waals surface area contributed by atoms with Gasteiger partial charge >= 0.3 is 5.97 Å². The monoisotopic (exact) mass is 116 g/mol. The summed E-state index contributed by atoms with van der Waals surface area (Å²) in [5.74, 6) is -0.445. The molecule has 8 heavy (non-hydrogen) atoms. The van der Waals surface area contributed by atoms with Gasteiger partial charge in [0.05, 0.1) is 13.7 Å². The number of methoxy groups -OCH3 is 1. The zero-order valence-electron chi connectivity index (χ0n) is 4.63. The van der Waals surface area contributed by atoms with Crippen molar-refractivity contribution in [3.63, 3.8) is 0 Å². The first-order valence-electron chi connectivity index (χ1n) is 2.16. The van der Waals surface area contributed by atoms with Gasteiger partial charge in [-0.2, -0.15) is 0 Å². The maximum absolute atomic E-state index is 10.2. The number of aliphatic hydroxyl groups excluding tert-OH is 1. The molecule has 0 saturated carbocycles. The molecule has 0 bridgehead atoms. The molecular formula is C5H8O3. The van der Waals surface area contributed by atoms with E-state index in [0.29, 0.717) is 0 Å². The first-order valence-corrected chi connectivity index (χ1v) is 2.16. The topological polar surface area (TPSA) is 46.5 Å². The zero-order chi connectivity index (χ0) is 6.41. The molecule has 0 aromatic rings. The van der Waals surface area contributed by atoms with Crippen LogP contribution in [0.2, 0.25) is 0 Å². The highest BCUT2D eigenvalue weighted by Gasteiger charge is 1.86. The van der Waals surface area contributed by atoms with E-state index in [1.54, 1.807) is 0 Å². The van der Waals surface area contributed by atoms with Crippen molar-refractivity contribution in [2.24, 2.45) is 0 Å². The van der Waals surface area contributed by atoms with Gasteiger partial charge in [0, 0.05) is 6.08 Å². The van der Waals surface area contributed by atoms with Crippen molar-refractivity contribution < 1.29 is 14.6 Å². The summed E-state index contributed by atoms with van der Waals surface area (Å²) in [5.41, 5.74) is 0. The molecule has 3 nitrogen and oxygen atoms in total. The SMILES string of the molecule is COC(=O)/C=C/CO. The highest BCUT2D eigenvalue weighted by atomic mass is 16.5. The minimum atomic E-state index is -0.445. The summed E-state index contributed by atoms with van der Waals surface area (Å²) in [5, 5.41) is 8.12. The van der Waals surface area contributed by atoms with E-state index in [-0.39, 0.29) is 6.61 Å². The molecule has 0 heterocycles. The van der Waals surface area contributed by atoms with E-state index < -0.39 is 5.97 Å². The van der Waals surface area contributed by atoms with E-state index in [0.717, 1.165) is 0 Å². The predicted octanol–water partition coefficient (Wildman–Crippen LogP) is -0.292. The zero-order valence-corrected chi connectivity index (χ0v) is 4.63. The quantitative estimate of drug-likeness (QED) is 0.398. The summed E-state index contributed by atoms with van der Waals surface area (Å²) in [6.07, 6.45) is 2.48. The molecule has 0 aliphatic rings. The van der Waals surface area contributed by atoms with Gasteiger partial charge < -0.3 is 9.84 Å². The lowest BCUT2D eigenvalue weighted by Gasteiger charge is -1.85. The number of carbonyl (C=O) groups is 1. The van der Waals surface area contributed by atoms with E-state index in [1.807, 2.05) is 0 Å². The fourth-order valence-corrected chi connectivity index (χ4v) is 0.217. The van der Waals surface area contributed by atoms with Gasteiger partial charge in [0.1, 0.15) is 0 Å². The Hall–Kier alpha value is -0.830. The molecule has 0 radical (unpaired) electrons. The fourth-order valence-electron chi connectivity index (χ4n) is 0.217. The summed E-state index contributed by atoms with van der Waals surface area (Å²) < 4.78 is 4.22. The predicted molar refractivity (Wildman–Crippen MR) is 28.2 cm³/mol. The number of ether oxygens (including phenoxy) is 1. The smallest absolute Gasteiger partial charge is 0.330 e. The minimum absolute atomic E-state index is 0.130. The molecule has 0 unspecified atom stereocenters. The molecule has 46 valence electrons. The third-order valence-electron chi connectivity index (χ3n) is 0.561. The van der Waals surface area contributed by atoms with Crippen molar-refractivity contribution in [3.8, 4) is 0 Å². The molecule has 0 aliphatic carbocycles. The summed E-state index contributed by atoms with van der Waals surface area (Å²) in [7, 11) is 1.28. The average molecular weight is 116 g/mol. The third-order valence-corrected chi connectivity index (χ3v) is 0.561. The van der Waals surface area contributed by atoms with Crippen LogP contribution in [-0.4, -0.2) is 24.8 Å². The van der Waals surface area contributed by atoms with Gasteiger partial charge in [-0.05, 0) is 0 Å². The van der Waals surface area contributed by atoms with Crippen LogP contribution in [0.1, 0.15) is 0 Å². The van der Waals surface area contributed by atoms with Crippen LogP contribution in [0.4, 0.5) is 0 Å². The summed E-state index contributed by atoms with van der Waals surface area (Å²) >= 11 is 0. The van der Waals surface area contributed by atoms with Crippen LogP contribution >= 0.6 is 0 Å². The van der Waals surface area contributed by atoms with Crippen LogP contribution in [0.5, 0.6) is 0 Å². The molecule has 1 N–H and O–H groups in total. The van der Waals surface area contributed by atoms with Crippen molar-refractivity contribution in [1.29, 1.82) is 0 Å². The number of hydrogen-bond acceptors (Lipinski definition) is 3. The lowest BCUT2D eigenvalue weighted by atomic mass is 10.5. The number of hydrogen-bond donors (Lipinski definition) is 1. The molecule has 0 rings (SSSR count). The van der Waals surface area contributed by atoms with E-state index in [9.17, 15) is 4.79 Å². The van der Waals surface area contributed by atoms with E-state index in [2.05, 4.69) is 4.74 Å². The van der Waals surface area contributed by atoms with Crippen LogP contribution in [0.25, 0.3) is 0 Å². The molecular weight excluding hydrogens is 108 g/mol. The number of carbonyl (C=O) groups excluding carboxylic acids is 1. The highest BCUT2D eigenvalue weighted by molar-refractivity contribution is 5.81. The second-order valence-electron chi connectivity index (χ2n) is 1.11. The minimum Gasteiger partial charge on any atom is -0.466 e. The van der Waals surface area contributed by atoms with E-state index in [4.69, 9.17) is 5.11 Å². The largest absolute Gasteiger partial charge is 0.466 e. The highest BCUT2D eigenvalue weighted by Crippen LogP contribution is 1.74. The molecule has 0 atom stereocenters. The Labute approximate surface area is 47.6 Å². The van der Waals surface area contributed by atoms with Crippen LogP contribution < -0.4 is 0 Å². The summed E-state index contributed by atoms with van der Waals surface area (Å²) in [4.78, 5) is 10.2. The van der Waals surface area contributed by atoms with Crippen LogP contribution in [0.3, 0.4) is 0 Å². The van der Waals surface area contributed by atoms with Crippen molar-refractivity contribution >= 4 is 5.97 Å². The maximum atomic E-state index is 10.2. The second-order valence-corrected chi connectivity index (χ2v) is 1.11. The van der Waals surface area contributed by atoms with Crippen molar-refractivity contribution in [2.75, 3.05) is 13.7 Å². The first-order chi connectivity index (χ1) is 3.81. The lowest BCUT2D eigenvalue weighted by molar-refractivity contribution is -0.134. The van der Waals surface area contributed by atoms with E-state index >= 15 is 0 Å². The van der Waals surface area contributed by atoms with Gasteiger partial charge in [0.25, 0.3) is 0 Å². The molecule has 0 spiro atoms. The maximum Gasteiger partial charge on any atom is 0.330 e. The first kappa shape index (κ1) is 7.17. The molecule has 3 heteroatoms. The number of rotatable bonds is 2. The molecule has 0 aromatic carbocycles. The Kier molecular flexibility index (Phi) is 3.88. The summed E-state index contributed by atoms with van der Waals surface area (Å²) in [6, 6.07) is 0. The van der Waals surface area contributed by atoms with Gasteiger partial charge in [-0.15, -0.1) is 0 Å². The van der Waals surface area contributed by atoms with Crippen LogP contribution in [0.15, 0.2) is 12.2 Å². The molecule has 0 amide bonds. The molecule has 0 aliphatic heterocycles. The van der Waals surface area contributed by atoms with Crippen LogP contribution in [0, 0.1) is 0 Å². The van der Waals surface area contributed by atoms with Crippen LogP contribution in [-0.2, 0) is 9.53 Å². The molecule has 0 saturated heterocycles. The Morgan fingerprint density at radius 1 is 1.88 bits per heavy atom. The van der Waals surface area contributed by atoms with Crippen molar-refractivity contribution in [1.82, 2.24) is 0 Å². The number of esters is 1. The molecule has 0 fully saturated rings. The normalized spacial score (nSPS) is 9.75. The summed E-state index contributed by atoms with van der Waals surface area (Å²) in [6.45, 7) is -0.130. The average Bonchev–Trinajstić information content (AvgIpc) is 1.83. The van der Waals surface area contributed by atoms with Crippen molar-refractivity contribution in [2.45, 2.75) is 0 Å². The molecule has 0 aromatic heterocycles. The van der Waals surface area contributed by atoms with Crippen molar-refractivity contribution in [3.05, 3.63) is 12.2 Å². The van der Waals surface area contributed by atoms with E-state index in [1.165, 1.54) is 19.3 Å². The van der Waals surface area contributed by atoms with Gasteiger partial charge in [-0.25, -0.2) is 4.79 Å². The Morgan fingerprint density at radius 3 is 2.88 bits per heavy atom. The standard InChI is InChI=1S/C5H8O3/c1-8-5(7)3-2-4-6/h2-3,6H,4H2,1H3/b3-2+. The Balaban J connectivity index is 3.37. The lowest BCUT2D eigenvalue weighted by Crippen LogP contribution is -1.93. The Bertz CT molecular complexity index is 95.8. The Morgan fingerprint density at radius 2 is 2.50 bits per heavy atom. The number of aliphatic hydroxyl groups is 1. The van der Waals surface area contributed by atoms with Gasteiger partial charge in [-0.1, -0.05) is 6.08 Å².